The van der Waals surface area contributed by atoms with Gasteiger partial charge < -0.3 is 10.1 Å². The number of ether oxygens (including phenoxy) is 1. The van der Waals surface area contributed by atoms with Gasteiger partial charge in [0.15, 0.2) is 6.61 Å². The third kappa shape index (κ3) is 5.34. The molecule has 0 aliphatic heterocycles. The summed E-state index contributed by atoms with van der Waals surface area (Å²) in [7, 11) is -3.70. The number of carbonyl (C=O) groups is 1. The molecule has 0 aliphatic carbocycles. The van der Waals surface area contributed by atoms with Crippen molar-refractivity contribution < 1.29 is 17.9 Å². The zero-order valence-electron chi connectivity index (χ0n) is 15.3. The molecule has 0 aliphatic rings. The van der Waals surface area contributed by atoms with E-state index < -0.39 is 10.0 Å². The Morgan fingerprint density at radius 3 is 2.25 bits per heavy atom. The van der Waals surface area contributed by atoms with Gasteiger partial charge in [0.2, 0.25) is 0 Å². The second-order valence-electron chi connectivity index (χ2n) is 6.15. The molecule has 0 spiro atoms. The van der Waals surface area contributed by atoms with Gasteiger partial charge in [-0.05, 0) is 61.0 Å². The highest BCUT2D eigenvalue weighted by atomic mass is 32.2. The van der Waals surface area contributed by atoms with Crippen molar-refractivity contribution in [1.29, 1.82) is 0 Å². The summed E-state index contributed by atoms with van der Waals surface area (Å²) in [6, 6.07) is 22.1. The first-order valence-electron chi connectivity index (χ1n) is 8.60. The van der Waals surface area contributed by atoms with Crippen molar-refractivity contribution in [3.63, 3.8) is 0 Å². The van der Waals surface area contributed by atoms with Gasteiger partial charge in [0.25, 0.3) is 15.9 Å². The molecule has 0 heterocycles. The van der Waals surface area contributed by atoms with Gasteiger partial charge in [-0.25, -0.2) is 8.42 Å². The molecule has 6 nitrogen and oxygen atoms in total. The highest BCUT2D eigenvalue weighted by molar-refractivity contribution is 7.92. The Bertz CT molecular complexity index is 1050. The molecule has 0 unspecified atom stereocenters. The van der Waals surface area contributed by atoms with E-state index in [9.17, 15) is 13.2 Å². The summed E-state index contributed by atoms with van der Waals surface area (Å²) in [6.07, 6.45) is 0. The van der Waals surface area contributed by atoms with Crippen LogP contribution in [0.25, 0.3) is 0 Å². The van der Waals surface area contributed by atoms with Crippen LogP contribution < -0.4 is 14.8 Å². The lowest BCUT2D eigenvalue weighted by Gasteiger charge is -2.10. The van der Waals surface area contributed by atoms with E-state index in [1.165, 1.54) is 24.3 Å². The number of hydrogen-bond acceptors (Lipinski definition) is 4. The van der Waals surface area contributed by atoms with Gasteiger partial charge in [-0.1, -0.05) is 30.3 Å². The maximum atomic E-state index is 12.5. The van der Waals surface area contributed by atoms with Gasteiger partial charge in [0.05, 0.1) is 4.90 Å². The Labute approximate surface area is 164 Å². The minimum absolute atomic E-state index is 0.107. The molecule has 2 N–H and O–H groups in total. The van der Waals surface area contributed by atoms with Crippen molar-refractivity contribution in [3.8, 4) is 5.75 Å². The Kier molecular flexibility index (Phi) is 5.96. The number of aryl methyl sites for hydroxylation is 1. The Hall–Kier alpha value is -3.32. The molecule has 28 heavy (non-hydrogen) atoms. The second-order valence-corrected chi connectivity index (χ2v) is 7.83. The molecular formula is C21H20N2O4S. The van der Waals surface area contributed by atoms with E-state index in [-0.39, 0.29) is 17.4 Å². The summed E-state index contributed by atoms with van der Waals surface area (Å²) >= 11 is 0. The third-order valence-electron chi connectivity index (χ3n) is 3.83. The highest BCUT2D eigenvalue weighted by Gasteiger charge is 2.14. The van der Waals surface area contributed by atoms with E-state index in [2.05, 4.69) is 10.0 Å². The summed E-state index contributed by atoms with van der Waals surface area (Å²) in [4.78, 5) is 12.0. The van der Waals surface area contributed by atoms with Crippen LogP contribution in [0.4, 0.5) is 11.4 Å². The van der Waals surface area contributed by atoms with Crippen LogP contribution in [-0.2, 0) is 14.8 Å². The summed E-state index contributed by atoms with van der Waals surface area (Å²) in [5.74, 6) is 0.0988. The van der Waals surface area contributed by atoms with Crippen LogP contribution in [0.15, 0.2) is 83.8 Å². The van der Waals surface area contributed by atoms with Crippen LogP contribution in [0.3, 0.4) is 0 Å². The normalized spacial score (nSPS) is 10.9. The maximum absolute atomic E-state index is 12.5. The van der Waals surface area contributed by atoms with E-state index >= 15 is 0 Å². The predicted octanol–water partition coefficient (Wildman–Crippen LogP) is 3.81. The molecule has 0 aromatic heterocycles. The lowest BCUT2D eigenvalue weighted by Crippen LogP contribution is -2.20. The van der Waals surface area contributed by atoms with Crippen molar-refractivity contribution in [2.45, 2.75) is 11.8 Å². The predicted molar refractivity (Wildman–Crippen MR) is 109 cm³/mol. The molecule has 0 radical (unpaired) electrons. The Balaban J connectivity index is 1.59. The largest absolute Gasteiger partial charge is 0.484 e. The topological polar surface area (TPSA) is 84.5 Å². The fourth-order valence-electron chi connectivity index (χ4n) is 2.51. The monoisotopic (exact) mass is 396 g/mol. The van der Waals surface area contributed by atoms with Crippen LogP contribution in [0.2, 0.25) is 0 Å². The van der Waals surface area contributed by atoms with Gasteiger partial charge in [-0.15, -0.1) is 0 Å². The van der Waals surface area contributed by atoms with Crippen molar-refractivity contribution in [2.75, 3.05) is 16.6 Å². The minimum Gasteiger partial charge on any atom is -0.484 e. The summed E-state index contributed by atoms with van der Waals surface area (Å²) < 4.78 is 32.9. The molecule has 3 aromatic rings. The van der Waals surface area contributed by atoms with E-state index in [4.69, 9.17) is 4.74 Å². The third-order valence-corrected chi connectivity index (χ3v) is 5.23. The number of rotatable bonds is 7. The lowest BCUT2D eigenvalue weighted by atomic mass is 10.2. The average Bonchev–Trinajstić information content (AvgIpc) is 2.67. The number of sulfonamides is 1. The molecule has 0 bridgehead atoms. The zero-order valence-corrected chi connectivity index (χ0v) is 16.1. The number of benzene rings is 3. The van der Waals surface area contributed by atoms with Crippen LogP contribution in [0, 0.1) is 6.92 Å². The number of anilines is 2. The number of carbonyl (C=O) groups excluding carboxylic acids is 1. The fraction of sp³-hybridized carbons (Fsp3) is 0.0952. The first-order valence-corrected chi connectivity index (χ1v) is 10.1. The van der Waals surface area contributed by atoms with Crippen molar-refractivity contribution in [2.24, 2.45) is 0 Å². The van der Waals surface area contributed by atoms with Gasteiger partial charge >= 0.3 is 0 Å². The van der Waals surface area contributed by atoms with Crippen LogP contribution in [-0.4, -0.2) is 20.9 Å². The maximum Gasteiger partial charge on any atom is 0.262 e. The van der Waals surface area contributed by atoms with E-state index in [1.807, 2.05) is 31.2 Å². The molecule has 3 aromatic carbocycles. The number of amides is 1. The molecule has 7 heteroatoms. The highest BCUT2D eigenvalue weighted by Crippen LogP contribution is 2.20. The van der Waals surface area contributed by atoms with Gasteiger partial charge in [-0.3, -0.25) is 9.52 Å². The molecular weight excluding hydrogens is 376 g/mol. The second kappa shape index (κ2) is 8.58. The minimum atomic E-state index is -3.70. The molecule has 0 atom stereocenters. The Morgan fingerprint density at radius 1 is 0.893 bits per heavy atom. The first-order chi connectivity index (χ1) is 13.4. The quantitative estimate of drug-likeness (QED) is 0.636. The number of hydrogen-bond donors (Lipinski definition) is 2. The molecule has 0 fully saturated rings. The standard InChI is InChI=1S/C21H20N2O4S/c1-16-6-5-9-18(14-16)23-28(25,26)20-12-10-19(11-13-20)27-15-21(24)22-17-7-3-2-4-8-17/h2-14,23H,15H2,1H3,(H,22,24). The molecule has 3 rings (SSSR count). The zero-order chi connectivity index (χ0) is 20.0. The van der Waals surface area contributed by atoms with Crippen LogP contribution in [0.5, 0.6) is 5.75 Å². The van der Waals surface area contributed by atoms with Crippen LogP contribution >= 0.6 is 0 Å². The summed E-state index contributed by atoms with van der Waals surface area (Å²) in [6.45, 7) is 1.71. The van der Waals surface area contributed by atoms with E-state index in [1.54, 1.807) is 30.3 Å². The number of nitrogens with one attached hydrogen (secondary N) is 2. The SMILES string of the molecule is Cc1cccc(NS(=O)(=O)c2ccc(OCC(=O)Nc3ccccc3)cc2)c1. The van der Waals surface area contributed by atoms with Gasteiger partial charge in [0, 0.05) is 11.4 Å². The van der Waals surface area contributed by atoms with Crippen molar-refractivity contribution in [1.82, 2.24) is 0 Å². The molecule has 1 amide bonds. The Morgan fingerprint density at radius 2 is 1.57 bits per heavy atom. The molecule has 144 valence electrons. The average molecular weight is 396 g/mol. The fourth-order valence-corrected chi connectivity index (χ4v) is 3.55. The van der Waals surface area contributed by atoms with Crippen LogP contribution in [0.1, 0.15) is 5.56 Å². The van der Waals surface area contributed by atoms with Crippen molar-refractivity contribution >= 4 is 27.3 Å². The lowest BCUT2D eigenvalue weighted by molar-refractivity contribution is -0.118. The van der Waals surface area contributed by atoms with E-state index in [0.29, 0.717) is 17.1 Å². The summed E-state index contributed by atoms with van der Waals surface area (Å²) in [5, 5.41) is 2.71. The van der Waals surface area contributed by atoms with Gasteiger partial charge in [0.1, 0.15) is 5.75 Å². The van der Waals surface area contributed by atoms with Gasteiger partial charge in [-0.2, -0.15) is 0 Å². The number of para-hydroxylation sites is 1. The summed E-state index contributed by atoms with van der Waals surface area (Å²) in [5.41, 5.74) is 2.13. The van der Waals surface area contributed by atoms with Crippen molar-refractivity contribution in [3.05, 3.63) is 84.4 Å². The smallest absolute Gasteiger partial charge is 0.262 e. The molecule has 0 saturated heterocycles. The first kappa shape index (κ1) is 19.4. The van der Waals surface area contributed by atoms with E-state index in [0.717, 1.165) is 5.56 Å². The molecule has 0 saturated carbocycles.